The van der Waals surface area contributed by atoms with Crippen LogP contribution in [-0.2, 0) is 0 Å². The Balaban J connectivity index is 1.63. The van der Waals surface area contributed by atoms with Gasteiger partial charge in [0.25, 0.3) is 0 Å². The Labute approximate surface area is 160 Å². The Morgan fingerprint density at radius 1 is 0.889 bits per heavy atom. The number of rotatable bonds is 7. The summed E-state index contributed by atoms with van der Waals surface area (Å²) < 4.78 is 0. The van der Waals surface area contributed by atoms with Gasteiger partial charge in [0.1, 0.15) is 5.75 Å². The van der Waals surface area contributed by atoms with Crippen LogP contribution in [0.15, 0.2) is 72.9 Å². The Morgan fingerprint density at radius 2 is 1.56 bits per heavy atom. The highest BCUT2D eigenvalue weighted by Gasteiger charge is 2.02. The molecule has 1 atom stereocenters. The van der Waals surface area contributed by atoms with Gasteiger partial charge in [-0.1, -0.05) is 42.5 Å². The smallest absolute Gasteiger partial charge is 0.115 e. The second-order valence-corrected chi connectivity index (χ2v) is 6.78. The molecule has 0 bridgehead atoms. The predicted molar refractivity (Wildman–Crippen MR) is 111 cm³/mol. The van der Waals surface area contributed by atoms with Gasteiger partial charge >= 0.3 is 0 Å². The molecule has 0 saturated heterocycles. The maximum absolute atomic E-state index is 9.39. The molecule has 0 aliphatic rings. The van der Waals surface area contributed by atoms with Crippen LogP contribution in [-0.4, -0.2) is 21.3 Å². The van der Waals surface area contributed by atoms with Crippen LogP contribution in [0.25, 0.3) is 28.5 Å². The van der Waals surface area contributed by atoms with Gasteiger partial charge in [-0.05, 0) is 67.6 Å². The third-order valence-electron chi connectivity index (χ3n) is 4.47. The topological polar surface area (TPSA) is 53.4 Å². The van der Waals surface area contributed by atoms with Gasteiger partial charge < -0.3 is 10.2 Å². The van der Waals surface area contributed by atoms with Crippen molar-refractivity contribution in [3.05, 3.63) is 78.5 Å². The molecule has 0 spiro atoms. The summed E-state index contributed by atoms with van der Waals surface area (Å²) in [6.45, 7) is 1.83. The number of allylic oxidation sites excluding steroid dienone is 1. The van der Waals surface area contributed by atoms with E-state index in [1.165, 1.54) is 5.56 Å². The minimum Gasteiger partial charge on any atom is -0.508 e. The van der Waals surface area contributed by atoms with Crippen molar-refractivity contribution < 1.29 is 10.2 Å². The van der Waals surface area contributed by atoms with Crippen molar-refractivity contribution in [1.82, 2.24) is 4.98 Å². The molecule has 0 fully saturated rings. The van der Waals surface area contributed by atoms with Gasteiger partial charge in [-0.15, -0.1) is 0 Å². The molecule has 0 aliphatic heterocycles. The van der Waals surface area contributed by atoms with E-state index in [9.17, 15) is 10.2 Å². The van der Waals surface area contributed by atoms with Gasteiger partial charge in [-0.25, -0.2) is 0 Å². The van der Waals surface area contributed by atoms with Crippen molar-refractivity contribution in [2.75, 3.05) is 0 Å². The quantitative estimate of drug-likeness (QED) is 0.533. The Bertz CT molecular complexity index is 864. The third kappa shape index (κ3) is 5.53. The number of hydrogen-bond acceptors (Lipinski definition) is 3. The number of aromatic nitrogens is 1. The highest BCUT2D eigenvalue weighted by atomic mass is 16.3. The molecule has 3 rings (SSSR count). The first-order valence-corrected chi connectivity index (χ1v) is 9.32. The number of hydrogen-bond donors (Lipinski definition) is 2. The van der Waals surface area contributed by atoms with Gasteiger partial charge in [-0.2, -0.15) is 0 Å². The summed E-state index contributed by atoms with van der Waals surface area (Å²) in [4.78, 5) is 4.55. The van der Waals surface area contributed by atoms with Gasteiger partial charge in [-0.3, -0.25) is 4.98 Å². The first-order valence-electron chi connectivity index (χ1n) is 9.32. The highest BCUT2D eigenvalue weighted by molar-refractivity contribution is 5.68. The summed E-state index contributed by atoms with van der Waals surface area (Å²) in [5.74, 6) is 0.257. The van der Waals surface area contributed by atoms with E-state index in [0.717, 1.165) is 41.6 Å². The van der Waals surface area contributed by atoms with Gasteiger partial charge in [0.15, 0.2) is 0 Å². The molecule has 1 unspecified atom stereocenters. The molecule has 2 N–H and O–H groups in total. The maximum Gasteiger partial charge on any atom is 0.115 e. The van der Waals surface area contributed by atoms with Crippen LogP contribution in [0.5, 0.6) is 5.75 Å². The van der Waals surface area contributed by atoms with Crippen molar-refractivity contribution in [2.24, 2.45) is 0 Å². The molecule has 0 aliphatic carbocycles. The summed E-state index contributed by atoms with van der Waals surface area (Å²) in [5, 5.41) is 18.6. The second-order valence-electron chi connectivity index (χ2n) is 6.78. The average molecular weight is 359 g/mol. The summed E-state index contributed by atoms with van der Waals surface area (Å²) in [5.41, 5.74) is 5.24. The first kappa shape index (κ1) is 18.9. The fourth-order valence-electron chi connectivity index (χ4n) is 2.90. The molecule has 0 radical (unpaired) electrons. The molecule has 1 heterocycles. The molecule has 0 saturated carbocycles. The van der Waals surface area contributed by atoms with E-state index in [-0.39, 0.29) is 11.9 Å². The molecule has 3 heteroatoms. The second kappa shape index (κ2) is 9.15. The molecule has 3 nitrogen and oxygen atoms in total. The van der Waals surface area contributed by atoms with Crippen molar-refractivity contribution in [1.29, 1.82) is 0 Å². The lowest BCUT2D eigenvalue weighted by Crippen LogP contribution is -1.97. The van der Waals surface area contributed by atoms with Crippen molar-refractivity contribution in [3.63, 3.8) is 0 Å². The highest BCUT2D eigenvalue weighted by Crippen LogP contribution is 2.24. The van der Waals surface area contributed by atoms with Crippen molar-refractivity contribution >= 4 is 6.08 Å². The fourth-order valence-corrected chi connectivity index (χ4v) is 2.90. The fraction of sp³-hybridized carbons (Fsp3) is 0.208. The van der Waals surface area contributed by atoms with Crippen molar-refractivity contribution in [2.45, 2.75) is 32.3 Å². The van der Waals surface area contributed by atoms with Crippen LogP contribution < -0.4 is 0 Å². The number of aliphatic hydroxyl groups excluding tert-OH is 1. The van der Waals surface area contributed by atoms with E-state index >= 15 is 0 Å². The molecular formula is C24H25NO2. The van der Waals surface area contributed by atoms with Crippen LogP contribution in [0.2, 0.25) is 0 Å². The zero-order chi connectivity index (χ0) is 19.1. The SMILES string of the molecule is CC(O)CCC/C=C/c1ccc(-c2ccc(-c3ccc(O)cc3)nc2)cc1. The van der Waals surface area contributed by atoms with E-state index in [1.54, 1.807) is 12.1 Å². The van der Waals surface area contributed by atoms with Crippen LogP contribution in [0.4, 0.5) is 0 Å². The van der Waals surface area contributed by atoms with Crippen LogP contribution in [0.3, 0.4) is 0 Å². The molecule has 2 aromatic carbocycles. The number of nitrogens with zero attached hydrogens (tertiary/aromatic N) is 1. The van der Waals surface area contributed by atoms with E-state index in [1.807, 2.05) is 31.3 Å². The number of aliphatic hydroxyl groups is 1. The molecule has 27 heavy (non-hydrogen) atoms. The number of aromatic hydroxyl groups is 1. The first-order chi connectivity index (χ1) is 13.1. The third-order valence-corrected chi connectivity index (χ3v) is 4.47. The standard InChI is InChI=1S/C24H25NO2/c1-18(26)5-3-2-4-6-19-7-9-20(10-8-19)22-13-16-24(25-17-22)21-11-14-23(27)15-12-21/h4,6-18,26-27H,2-3,5H2,1H3/b6-4+. The Hall–Kier alpha value is -2.91. The minimum absolute atomic E-state index is 0.216. The lowest BCUT2D eigenvalue weighted by Gasteiger charge is -2.05. The zero-order valence-corrected chi connectivity index (χ0v) is 15.5. The molecular weight excluding hydrogens is 334 g/mol. The zero-order valence-electron chi connectivity index (χ0n) is 15.5. The normalized spacial score (nSPS) is 12.4. The van der Waals surface area contributed by atoms with Gasteiger partial charge in [0, 0.05) is 17.3 Å². The minimum atomic E-state index is -0.216. The Morgan fingerprint density at radius 3 is 2.19 bits per heavy atom. The number of phenols is 1. The molecule has 138 valence electrons. The predicted octanol–water partition coefficient (Wildman–Crippen LogP) is 5.69. The summed E-state index contributed by atoms with van der Waals surface area (Å²) in [6, 6.07) is 19.5. The monoisotopic (exact) mass is 359 g/mol. The largest absolute Gasteiger partial charge is 0.508 e. The van der Waals surface area contributed by atoms with Crippen LogP contribution >= 0.6 is 0 Å². The van der Waals surface area contributed by atoms with E-state index in [4.69, 9.17) is 0 Å². The van der Waals surface area contributed by atoms with E-state index in [0.29, 0.717) is 0 Å². The van der Waals surface area contributed by atoms with Crippen LogP contribution in [0, 0.1) is 0 Å². The molecule has 0 amide bonds. The lowest BCUT2D eigenvalue weighted by molar-refractivity contribution is 0.182. The van der Waals surface area contributed by atoms with E-state index in [2.05, 4.69) is 47.5 Å². The van der Waals surface area contributed by atoms with Gasteiger partial charge in [0.2, 0.25) is 0 Å². The van der Waals surface area contributed by atoms with Crippen molar-refractivity contribution in [3.8, 4) is 28.1 Å². The molecule has 3 aromatic rings. The number of pyridine rings is 1. The van der Waals surface area contributed by atoms with E-state index < -0.39 is 0 Å². The van der Waals surface area contributed by atoms with Gasteiger partial charge in [0.05, 0.1) is 11.8 Å². The maximum atomic E-state index is 9.39. The number of benzene rings is 2. The summed E-state index contributed by atoms with van der Waals surface area (Å²) in [6.07, 6.45) is 8.77. The van der Waals surface area contributed by atoms with Crippen LogP contribution in [0.1, 0.15) is 31.7 Å². The number of unbranched alkanes of at least 4 members (excludes halogenated alkanes) is 1. The lowest BCUT2D eigenvalue weighted by atomic mass is 10.0. The molecule has 1 aromatic heterocycles. The number of phenolic OH excluding ortho intramolecular Hbond substituents is 1. The average Bonchev–Trinajstić information content (AvgIpc) is 2.69. The Kier molecular flexibility index (Phi) is 6.39. The summed E-state index contributed by atoms with van der Waals surface area (Å²) >= 11 is 0. The summed E-state index contributed by atoms with van der Waals surface area (Å²) in [7, 11) is 0.